The van der Waals surface area contributed by atoms with Crippen molar-refractivity contribution >= 4 is 33.9 Å². The quantitative estimate of drug-likeness (QED) is 0.783. The summed E-state index contributed by atoms with van der Waals surface area (Å²) in [5, 5.41) is 5.08. The van der Waals surface area contributed by atoms with E-state index in [1.165, 1.54) is 27.3 Å². The van der Waals surface area contributed by atoms with E-state index >= 15 is 0 Å². The van der Waals surface area contributed by atoms with E-state index in [1.54, 1.807) is 22.7 Å². The van der Waals surface area contributed by atoms with Crippen LogP contribution < -0.4 is 5.73 Å². The second-order valence-electron chi connectivity index (χ2n) is 5.84. The fourth-order valence-corrected chi connectivity index (χ4v) is 4.69. The first-order chi connectivity index (χ1) is 11.3. The Kier molecular flexibility index (Phi) is 4.16. The third kappa shape index (κ3) is 3.17. The summed E-state index contributed by atoms with van der Waals surface area (Å²) in [5.74, 6) is 0. The van der Waals surface area contributed by atoms with Gasteiger partial charge in [-0.3, -0.25) is 4.90 Å². The van der Waals surface area contributed by atoms with E-state index in [-0.39, 0.29) is 0 Å². The van der Waals surface area contributed by atoms with Crippen LogP contribution in [0.1, 0.15) is 16.1 Å². The van der Waals surface area contributed by atoms with Crippen molar-refractivity contribution in [3.63, 3.8) is 0 Å². The van der Waals surface area contributed by atoms with E-state index in [2.05, 4.69) is 51.0 Å². The number of nitrogens with two attached hydrogens (primary N) is 1. The number of fused-ring (bicyclic) bond motifs is 2. The molecule has 0 radical (unpaired) electrons. The van der Waals surface area contributed by atoms with Crippen LogP contribution in [0.5, 0.6) is 0 Å². The molecule has 3 nitrogen and oxygen atoms in total. The van der Waals surface area contributed by atoms with Gasteiger partial charge in [0.1, 0.15) is 0 Å². The normalized spacial score (nSPS) is 16.0. The topological polar surface area (TPSA) is 42.1 Å². The molecule has 0 unspecified atom stereocenters. The zero-order valence-corrected chi connectivity index (χ0v) is 14.5. The molecule has 3 aliphatic rings. The Bertz CT molecular complexity index is 777. The summed E-state index contributed by atoms with van der Waals surface area (Å²) in [6.07, 6.45) is 6.62. The number of rotatable bonds is 3. The van der Waals surface area contributed by atoms with Gasteiger partial charge >= 0.3 is 0 Å². The monoisotopic (exact) mass is 341 g/mol. The minimum atomic E-state index is 0.715. The molecule has 5 heteroatoms. The second kappa shape index (κ2) is 6.43. The van der Waals surface area contributed by atoms with Crippen molar-refractivity contribution in [2.24, 2.45) is 0 Å². The minimum Gasteiger partial charge on any atom is -0.375 e. The van der Waals surface area contributed by atoms with E-state index < -0.39 is 0 Å². The van der Waals surface area contributed by atoms with Gasteiger partial charge in [-0.25, -0.2) is 4.98 Å². The molecule has 0 saturated carbocycles. The van der Waals surface area contributed by atoms with Crippen molar-refractivity contribution in [2.45, 2.75) is 12.8 Å². The molecule has 0 aromatic carbocycles. The van der Waals surface area contributed by atoms with Crippen LogP contribution >= 0.6 is 22.7 Å². The molecule has 23 heavy (non-hydrogen) atoms. The first kappa shape index (κ1) is 14.9. The Labute approximate surface area is 144 Å². The van der Waals surface area contributed by atoms with Gasteiger partial charge < -0.3 is 5.73 Å². The molecule has 1 aromatic rings. The summed E-state index contributed by atoms with van der Waals surface area (Å²) in [6.45, 7) is 3.14. The van der Waals surface area contributed by atoms with Gasteiger partial charge in [-0.2, -0.15) is 11.3 Å². The third-order valence-corrected chi connectivity index (χ3v) is 6.00. The summed E-state index contributed by atoms with van der Waals surface area (Å²) in [5.41, 5.74) is 11.0. The van der Waals surface area contributed by atoms with Gasteiger partial charge in [0.25, 0.3) is 0 Å². The van der Waals surface area contributed by atoms with E-state index in [4.69, 9.17) is 5.73 Å². The first-order valence-corrected chi connectivity index (χ1v) is 9.63. The zero-order chi connectivity index (χ0) is 15.6. The number of nitrogen functional groups attached to an aromatic ring is 1. The van der Waals surface area contributed by atoms with Gasteiger partial charge in [0.2, 0.25) is 0 Å². The van der Waals surface area contributed by atoms with Gasteiger partial charge in [0, 0.05) is 30.9 Å². The Morgan fingerprint density at radius 1 is 1.22 bits per heavy atom. The Hall–Kier alpha value is -1.69. The molecular weight excluding hydrogens is 322 g/mol. The third-order valence-electron chi connectivity index (χ3n) is 4.35. The molecule has 1 aliphatic carbocycles. The fraction of sp³-hybridized carbons (Fsp3) is 0.278. The van der Waals surface area contributed by atoms with Crippen molar-refractivity contribution in [1.29, 1.82) is 0 Å². The van der Waals surface area contributed by atoms with Crippen LogP contribution in [-0.4, -0.2) is 29.5 Å². The van der Waals surface area contributed by atoms with Crippen molar-refractivity contribution in [2.75, 3.05) is 25.4 Å². The maximum atomic E-state index is 5.81. The fourth-order valence-electron chi connectivity index (χ4n) is 3.11. The largest absolute Gasteiger partial charge is 0.375 e. The summed E-state index contributed by atoms with van der Waals surface area (Å²) in [7, 11) is 0. The molecular formula is C18H19N3S2. The zero-order valence-electron chi connectivity index (χ0n) is 12.9. The van der Waals surface area contributed by atoms with E-state index in [0.717, 1.165) is 32.5 Å². The molecule has 1 aromatic heterocycles. The Morgan fingerprint density at radius 3 is 3.09 bits per heavy atom. The van der Waals surface area contributed by atoms with Crippen molar-refractivity contribution < 1.29 is 0 Å². The van der Waals surface area contributed by atoms with E-state index in [0.29, 0.717) is 5.13 Å². The summed E-state index contributed by atoms with van der Waals surface area (Å²) < 4.78 is 0. The number of aromatic nitrogens is 1. The van der Waals surface area contributed by atoms with Crippen molar-refractivity contribution in [1.82, 2.24) is 9.88 Å². The van der Waals surface area contributed by atoms with Gasteiger partial charge in [0.05, 0.1) is 5.69 Å². The van der Waals surface area contributed by atoms with Gasteiger partial charge in [0.15, 0.2) is 5.13 Å². The number of hydrogen-bond acceptors (Lipinski definition) is 5. The molecule has 0 bridgehead atoms. The molecule has 0 spiro atoms. The second-order valence-corrected chi connectivity index (χ2v) is 7.73. The maximum absolute atomic E-state index is 5.81. The van der Waals surface area contributed by atoms with Crippen LogP contribution in [0.2, 0.25) is 0 Å². The first-order valence-electron chi connectivity index (χ1n) is 7.87. The summed E-state index contributed by atoms with van der Waals surface area (Å²) in [6, 6.07) is 6.59. The minimum absolute atomic E-state index is 0.715. The van der Waals surface area contributed by atoms with Crippen LogP contribution in [0.25, 0.3) is 17.2 Å². The molecule has 118 valence electrons. The van der Waals surface area contributed by atoms with Gasteiger partial charge in [-0.15, -0.1) is 11.3 Å². The molecule has 4 rings (SSSR count). The van der Waals surface area contributed by atoms with Crippen LogP contribution in [0, 0.1) is 0 Å². The SMILES string of the molecule is Nc1nc2c(s1)CCN(CC=Cc1ccc3ccscc1-3)CC2. The number of hydrogen-bond donors (Lipinski definition) is 1. The van der Waals surface area contributed by atoms with Crippen LogP contribution in [-0.2, 0) is 12.8 Å². The molecule has 2 N–H and O–H groups in total. The van der Waals surface area contributed by atoms with Crippen molar-refractivity contribution in [3.8, 4) is 11.1 Å². The summed E-state index contributed by atoms with van der Waals surface area (Å²) in [4.78, 5) is 8.32. The highest BCUT2D eigenvalue weighted by molar-refractivity contribution is 7.15. The van der Waals surface area contributed by atoms with Crippen LogP contribution in [0.15, 0.2) is 35.0 Å². The van der Waals surface area contributed by atoms with Crippen LogP contribution in [0.3, 0.4) is 0 Å². The van der Waals surface area contributed by atoms with E-state index in [9.17, 15) is 0 Å². The average molecular weight is 342 g/mol. The molecule has 0 amide bonds. The van der Waals surface area contributed by atoms with Crippen molar-refractivity contribution in [3.05, 3.63) is 51.2 Å². The molecule has 0 fully saturated rings. The lowest BCUT2D eigenvalue weighted by atomic mass is 10.1. The molecule has 0 atom stereocenters. The smallest absolute Gasteiger partial charge is 0.180 e. The number of nitrogens with zero attached hydrogens (tertiary/aromatic N) is 2. The number of anilines is 1. The molecule has 2 aliphatic heterocycles. The van der Waals surface area contributed by atoms with Gasteiger partial charge in [-0.05, 0) is 39.9 Å². The lowest BCUT2D eigenvalue weighted by molar-refractivity contribution is 0.318. The summed E-state index contributed by atoms with van der Waals surface area (Å²) >= 11 is 3.40. The predicted molar refractivity (Wildman–Crippen MR) is 100 cm³/mol. The van der Waals surface area contributed by atoms with E-state index in [1.807, 2.05) is 0 Å². The standard InChI is InChI=1S/C18H19N3S2/c19-18-20-16-5-9-21(10-6-17(16)23-18)8-1-2-13-3-4-14-7-11-22-12-15(13)14/h1-4,7,11-12H,5-6,8-10H2,(H2,19,20). The maximum Gasteiger partial charge on any atom is 0.180 e. The Balaban J connectivity index is 1.39. The predicted octanol–water partition coefficient (Wildman–Crippen LogP) is 4.01. The molecule has 3 heterocycles. The number of thiazole rings is 1. The van der Waals surface area contributed by atoms with Gasteiger partial charge in [-0.1, -0.05) is 24.3 Å². The highest BCUT2D eigenvalue weighted by Gasteiger charge is 2.16. The highest BCUT2D eigenvalue weighted by atomic mass is 32.1. The average Bonchev–Trinajstić information content (AvgIpc) is 3.08. The van der Waals surface area contributed by atoms with Crippen LogP contribution in [0.4, 0.5) is 5.13 Å². The lowest BCUT2D eigenvalue weighted by Gasteiger charge is -2.17. The highest BCUT2D eigenvalue weighted by Crippen LogP contribution is 2.30. The Morgan fingerprint density at radius 2 is 2.13 bits per heavy atom. The molecule has 0 saturated heterocycles. The lowest BCUT2D eigenvalue weighted by Crippen LogP contribution is -2.26.